The molecule has 0 aliphatic heterocycles. The first-order chi connectivity index (χ1) is 31.3. The van der Waals surface area contributed by atoms with E-state index in [1.54, 1.807) is 48.5 Å². The molecular formula is C49H56F2N6O8. The topological polar surface area (TPSA) is 209 Å². The summed E-state index contributed by atoms with van der Waals surface area (Å²) < 4.78 is 29.2. The van der Waals surface area contributed by atoms with E-state index in [-0.39, 0.29) is 59.5 Å². The zero-order valence-electron chi connectivity index (χ0n) is 36.8. The van der Waals surface area contributed by atoms with Gasteiger partial charge in [-0.25, -0.2) is 18.7 Å². The van der Waals surface area contributed by atoms with Crippen molar-refractivity contribution in [3.8, 4) is 11.5 Å². The lowest BCUT2D eigenvalue weighted by Gasteiger charge is -2.38. The van der Waals surface area contributed by atoms with Gasteiger partial charge < -0.3 is 31.1 Å². The van der Waals surface area contributed by atoms with Crippen molar-refractivity contribution in [3.05, 3.63) is 140 Å². The molecule has 14 nitrogen and oxygen atoms in total. The number of carbonyl (C=O) groups excluding carboxylic acids is 2. The molecule has 4 heterocycles. The van der Waals surface area contributed by atoms with Gasteiger partial charge in [-0.1, -0.05) is 64.3 Å². The van der Waals surface area contributed by atoms with Crippen LogP contribution in [0.2, 0.25) is 0 Å². The van der Waals surface area contributed by atoms with Gasteiger partial charge in [-0.2, -0.15) is 0 Å². The summed E-state index contributed by atoms with van der Waals surface area (Å²) in [7, 11) is 0. The van der Waals surface area contributed by atoms with E-state index < -0.39 is 57.1 Å². The Labute approximate surface area is 374 Å². The van der Waals surface area contributed by atoms with Crippen molar-refractivity contribution in [2.75, 3.05) is 13.2 Å². The number of hydrogen-bond donors (Lipinski definition) is 6. The maximum atomic E-state index is 13.4. The lowest BCUT2D eigenvalue weighted by atomic mass is 9.77. The lowest BCUT2D eigenvalue weighted by Crippen LogP contribution is -2.54. The Morgan fingerprint density at radius 1 is 0.646 bits per heavy atom. The summed E-state index contributed by atoms with van der Waals surface area (Å²) in [5.41, 5.74) is -2.08. The largest absolute Gasteiger partial charge is 0.506 e. The van der Waals surface area contributed by atoms with E-state index in [1.165, 1.54) is 45.8 Å². The number of benzene rings is 2. The Morgan fingerprint density at radius 3 is 1.42 bits per heavy atom. The second-order valence-electron chi connectivity index (χ2n) is 16.8. The zero-order valence-corrected chi connectivity index (χ0v) is 36.8. The van der Waals surface area contributed by atoms with Crippen LogP contribution >= 0.6 is 0 Å². The standard InChI is InChI=1S/C24H26FN3O4.C23H24FN3O4.C2H6/c1-15-8-10-24(14-29,11-9-15)27-22(31)19-20(30)18-3-2-12-26-21(18)28(23(19)32)13-16-4-6-17(25)7-5-16;24-16-8-6-15(7-9-16)13-27-20-17(5-4-12-25-20)19(29)18(22(27)31)21(30)26-23(14-28)10-2-1-3-11-23;1-2/h2-7,12,15,29-30H,8-11,13-14H2,1H3,(H,27,31);4-9,12,28-29H,1-3,10-11,13-14H2,(H,26,30);1-2H3. The Hall–Kier alpha value is -6.52. The molecule has 0 spiro atoms. The van der Waals surface area contributed by atoms with Gasteiger partial charge in [-0.15, -0.1) is 0 Å². The van der Waals surface area contributed by atoms with Gasteiger partial charge in [0.15, 0.2) is 0 Å². The minimum absolute atomic E-state index is 0.0514. The van der Waals surface area contributed by atoms with Gasteiger partial charge in [-0.3, -0.25) is 28.3 Å². The number of aliphatic hydroxyl groups is 2. The van der Waals surface area contributed by atoms with Crippen LogP contribution in [0.25, 0.3) is 22.1 Å². The predicted octanol–water partition coefficient (Wildman–Crippen LogP) is 6.70. The van der Waals surface area contributed by atoms with Gasteiger partial charge in [0.2, 0.25) is 0 Å². The van der Waals surface area contributed by atoms with E-state index >= 15 is 0 Å². The highest BCUT2D eigenvalue weighted by Gasteiger charge is 2.38. The number of pyridine rings is 4. The highest BCUT2D eigenvalue weighted by Crippen LogP contribution is 2.34. The monoisotopic (exact) mass is 894 g/mol. The van der Waals surface area contributed by atoms with Crippen molar-refractivity contribution in [2.24, 2.45) is 5.92 Å². The van der Waals surface area contributed by atoms with Crippen LogP contribution in [-0.4, -0.2) is 75.6 Å². The van der Waals surface area contributed by atoms with Crippen molar-refractivity contribution in [2.45, 2.75) is 103 Å². The molecule has 16 heteroatoms. The van der Waals surface area contributed by atoms with Gasteiger partial charge in [0.1, 0.15) is 45.6 Å². The fraction of sp³-hybridized carbons (Fsp3) is 0.388. The van der Waals surface area contributed by atoms with E-state index in [0.29, 0.717) is 42.7 Å². The normalized spacial score (nSPS) is 17.9. The maximum absolute atomic E-state index is 13.4. The summed E-state index contributed by atoms with van der Waals surface area (Å²) in [6.07, 6.45) is 9.83. The van der Waals surface area contributed by atoms with Crippen molar-refractivity contribution in [3.63, 3.8) is 0 Å². The molecule has 0 atom stereocenters. The molecule has 2 fully saturated rings. The summed E-state index contributed by atoms with van der Waals surface area (Å²) in [5, 5.41) is 47.7. The zero-order chi connectivity index (χ0) is 46.9. The average molecular weight is 895 g/mol. The number of fused-ring (bicyclic) bond motifs is 2. The summed E-state index contributed by atoms with van der Waals surface area (Å²) in [6, 6.07) is 17.7. The Balaban J connectivity index is 0.000000208. The average Bonchev–Trinajstić information content (AvgIpc) is 3.32. The number of aromatic hydroxyl groups is 2. The third-order valence-corrected chi connectivity index (χ3v) is 12.4. The van der Waals surface area contributed by atoms with E-state index in [0.717, 1.165) is 32.1 Å². The van der Waals surface area contributed by atoms with E-state index in [4.69, 9.17) is 0 Å². The molecule has 2 aliphatic carbocycles. The van der Waals surface area contributed by atoms with Crippen molar-refractivity contribution < 1.29 is 38.8 Å². The molecule has 2 aromatic carbocycles. The summed E-state index contributed by atoms with van der Waals surface area (Å²) in [6.45, 7) is 5.75. The number of carbonyl (C=O) groups is 2. The van der Waals surface area contributed by atoms with Gasteiger partial charge in [0, 0.05) is 12.4 Å². The van der Waals surface area contributed by atoms with Crippen LogP contribution in [0.5, 0.6) is 11.5 Å². The fourth-order valence-electron chi connectivity index (χ4n) is 8.57. The number of nitrogens with zero attached hydrogens (tertiary/aromatic N) is 4. The number of amides is 2. The van der Waals surface area contributed by atoms with Crippen molar-refractivity contribution in [1.29, 1.82) is 0 Å². The van der Waals surface area contributed by atoms with Crippen LogP contribution in [0.4, 0.5) is 8.78 Å². The SMILES string of the molecule is CC.CC1CCC(CO)(NC(=O)c2c(O)c3cccnc3n(Cc3ccc(F)cc3)c2=O)CC1.O=C(NC1(CO)CCCCC1)c1c(O)c2cccnc2n(Cc2ccc(F)cc2)c1=O. The highest BCUT2D eigenvalue weighted by molar-refractivity contribution is 6.03. The van der Waals surface area contributed by atoms with Crippen LogP contribution in [0.3, 0.4) is 0 Å². The molecule has 2 saturated carbocycles. The number of hydrogen-bond acceptors (Lipinski definition) is 10. The smallest absolute Gasteiger partial charge is 0.269 e. The van der Waals surface area contributed by atoms with Crippen molar-refractivity contribution in [1.82, 2.24) is 29.7 Å². The first-order valence-corrected chi connectivity index (χ1v) is 22.0. The van der Waals surface area contributed by atoms with Gasteiger partial charge >= 0.3 is 0 Å². The molecule has 6 N–H and O–H groups in total. The fourth-order valence-corrected chi connectivity index (χ4v) is 8.57. The molecule has 4 aromatic heterocycles. The minimum Gasteiger partial charge on any atom is -0.506 e. The molecule has 0 bridgehead atoms. The maximum Gasteiger partial charge on any atom is 0.269 e. The van der Waals surface area contributed by atoms with E-state index in [2.05, 4.69) is 27.5 Å². The Bertz CT molecular complexity index is 2740. The van der Waals surface area contributed by atoms with Crippen LogP contribution in [0, 0.1) is 17.6 Å². The summed E-state index contributed by atoms with van der Waals surface area (Å²) in [4.78, 5) is 61.5. The third kappa shape index (κ3) is 10.6. The van der Waals surface area contributed by atoms with Crippen LogP contribution in [0.15, 0.2) is 94.8 Å². The van der Waals surface area contributed by atoms with Gasteiger partial charge in [0.25, 0.3) is 22.9 Å². The number of aromatic nitrogens is 4. The summed E-state index contributed by atoms with van der Waals surface area (Å²) >= 11 is 0. The first kappa shape index (κ1) is 47.9. The quantitative estimate of drug-likeness (QED) is 0.0858. The minimum atomic E-state index is -0.825. The van der Waals surface area contributed by atoms with Crippen LogP contribution < -0.4 is 21.8 Å². The van der Waals surface area contributed by atoms with E-state index in [1.807, 2.05) is 13.8 Å². The second kappa shape index (κ2) is 21.0. The Kier molecular flexibility index (Phi) is 15.5. The second-order valence-corrected chi connectivity index (χ2v) is 16.8. The predicted molar refractivity (Wildman–Crippen MR) is 243 cm³/mol. The molecule has 2 amide bonds. The number of aliphatic hydroxyl groups excluding tert-OH is 2. The molecule has 65 heavy (non-hydrogen) atoms. The molecular weight excluding hydrogens is 839 g/mol. The highest BCUT2D eigenvalue weighted by atomic mass is 19.1. The Morgan fingerprint density at radius 2 is 1.03 bits per heavy atom. The van der Waals surface area contributed by atoms with Crippen molar-refractivity contribution >= 4 is 33.9 Å². The van der Waals surface area contributed by atoms with Crippen LogP contribution in [-0.2, 0) is 13.1 Å². The molecule has 0 radical (unpaired) electrons. The van der Waals surface area contributed by atoms with E-state index in [9.17, 15) is 48.4 Å². The molecule has 0 saturated heterocycles. The molecule has 344 valence electrons. The molecule has 8 rings (SSSR count). The third-order valence-electron chi connectivity index (χ3n) is 12.4. The first-order valence-electron chi connectivity index (χ1n) is 22.0. The molecule has 2 aliphatic rings. The number of rotatable bonds is 10. The lowest BCUT2D eigenvalue weighted by molar-refractivity contribution is 0.0712. The van der Waals surface area contributed by atoms with Gasteiger partial charge in [0.05, 0.1) is 48.2 Å². The molecule has 6 aromatic rings. The number of halogens is 2. The van der Waals surface area contributed by atoms with Gasteiger partial charge in [-0.05, 0) is 104 Å². The number of nitrogens with one attached hydrogen (secondary N) is 2. The van der Waals surface area contributed by atoms with Crippen LogP contribution in [0.1, 0.15) is 110 Å². The summed E-state index contributed by atoms with van der Waals surface area (Å²) in [5.74, 6) is -2.63. The molecule has 0 unspecified atom stereocenters.